The molecular weight excluding hydrogens is 240 g/mol. The molecule has 1 atom stereocenters. The third-order valence-corrected chi connectivity index (χ3v) is 3.76. The van der Waals surface area contributed by atoms with Crippen LogP contribution >= 0.6 is 0 Å². The highest BCUT2D eigenvalue weighted by atomic mass is 16.2. The van der Waals surface area contributed by atoms with Crippen LogP contribution < -0.4 is 5.73 Å². The van der Waals surface area contributed by atoms with Crippen LogP contribution in [-0.2, 0) is 11.2 Å². The quantitative estimate of drug-likeness (QED) is 0.877. The molecule has 1 aliphatic rings. The van der Waals surface area contributed by atoms with E-state index in [2.05, 4.69) is 9.38 Å². The summed E-state index contributed by atoms with van der Waals surface area (Å²) in [7, 11) is 0. The maximum absolute atomic E-state index is 11.8. The summed E-state index contributed by atoms with van der Waals surface area (Å²) in [4.78, 5) is 18.1. The topological polar surface area (TPSA) is 63.6 Å². The van der Waals surface area contributed by atoms with Crippen LogP contribution in [0.15, 0.2) is 30.6 Å². The number of hydrogen-bond donors (Lipinski definition) is 1. The molecule has 2 N–H and O–H groups in total. The SMILES string of the molecule is NCC1CC(=O)N(CCc2cnc3ccccn23)C1. The van der Waals surface area contributed by atoms with Gasteiger partial charge in [0.1, 0.15) is 5.65 Å². The van der Waals surface area contributed by atoms with Crippen LogP contribution in [0.25, 0.3) is 5.65 Å². The van der Waals surface area contributed by atoms with Gasteiger partial charge in [-0.2, -0.15) is 0 Å². The molecule has 1 saturated heterocycles. The lowest BCUT2D eigenvalue weighted by Gasteiger charge is -2.16. The number of likely N-dealkylation sites (tertiary alicyclic amines) is 1. The Hall–Kier alpha value is -1.88. The molecular formula is C14H18N4O. The molecule has 19 heavy (non-hydrogen) atoms. The Kier molecular flexibility index (Phi) is 3.21. The van der Waals surface area contributed by atoms with Crippen molar-refractivity contribution < 1.29 is 4.79 Å². The number of carbonyl (C=O) groups excluding carboxylic acids is 1. The van der Waals surface area contributed by atoms with Gasteiger partial charge in [-0.1, -0.05) is 6.07 Å². The van der Waals surface area contributed by atoms with E-state index in [-0.39, 0.29) is 5.91 Å². The van der Waals surface area contributed by atoms with Crippen molar-refractivity contribution >= 4 is 11.6 Å². The minimum atomic E-state index is 0.226. The minimum Gasteiger partial charge on any atom is -0.342 e. The van der Waals surface area contributed by atoms with Gasteiger partial charge in [-0.15, -0.1) is 0 Å². The maximum Gasteiger partial charge on any atom is 0.222 e. The average molecular weight is 258 g/mol. The lowest BCUT2D eigenvalue weighted by molar-refractivity contribution is -0.127. The Bertz CT molecular complexity index is 592. The number of aromatic nitrogens is 2. The van der Waals surface area contributed by atoms with Gasteiger partial charge in [0.15, 0.2) is 0 Å². The maximum atomic E-state index is 11.8. The predicted molar refractivity (Wildman–Crippen MR) is 72.6 cm³/mol. The number of rotatable bonds is 4. The number of pyridine rings is 1. The zero-order valence-corrected chi connectivity index (χ0v) is 10.8. The number of nitrogens with zero attached hydrogens (tertiary/aromatic N) is 3. The van der Waals surface area contributed by atoms with Crippen LogP contribution in [0.4, 0.5) is 0 Å². The molecule has 1 amide bonds. The molecule has 1 fully saturated rings. The lowest BCUT2D eigenvalue weighted by Crippen LogP contribution is -2.28. The van der Waals surface area contributed by atoms with Crippen LogP contribution in [0.3, 0.4) is 0 Å². The molecule has 1 aliphatic heterocycles. The van der Waals surface area contributed by atoms with Gasteiger partial charge in [-0.05, 0) is 24.6 Å². The van der Waals surface area contributed by atoms with Gasteiger partial charge in [-0.3, -0.25) is 4.79 Å². The highest BCUT2D eigenvalue weighted by Gasteiger charge is 2.28. The summed E-state index contributed by atoms with van der Waals surface area (Å²) in [5.41, 5.74) is 7.72. The van der Waals surface area contributed by atoms with Gasteiger partial charge < -0.3 is 15.0 Å². The molecule has 0 radical (unpaired) electrons. The highest BCUT2D eigenvalue weighted by molar-refractivity contribution is 5.78. The normalized spacial score (nSPS) is 19.5. The van der Waals surface area contributed by atoms with Crippen LogP contribution in [0, 0.1) is 5.92 Å². The van der Waals surface area contributed by atoms with Crippen LogP contribution in [0.2, 0.25) is 0 Å². The summed E-state index contributed by atoms with van der Waals surface area (Å²) < 4.78 is 2.07. The van der Waals surface area contributed by atoms with Gasteiger partial charge in [0, 0.05) is 44.0 Å². The molecule has 3 rings (SSSR count). The first-order valence-electron chi connectivity index (χ1n) is 6.66. The summed E-state index contributed by atoms with van der Waals surface area (Å²) in [5, 5.41) is 0. The fourth-order valence-corrected chi connectivity index (χ4v) is 2.65. The lowest BCUT2D eigenvalue weighted by atomic mass is 10.1. The molecule has 3 heterocycles. The number of fused-ring (bicyclic) bond motifs is 1. The molecule has 0 aliphatic carbocycles. The molecule has 0 aromatic carbocycles. The van der Waals surface area contributed by atoms with Crippen molar-refractivity contribution in [1.29, 1.82) is 0 Å². The van der Waals surface area contributed by atoms with Crippen molar-refractivity contribution in [3.05, 3.63) is 36.3 Å². The monoisotopic (exact) mass is 258 g/mol. The number of carbonyl (C=O) groups is 1. The molecule has 0 spiro atoms. The van der Waals surface area contributed by atoms with Crippen LogP contribution in [-0.4, -0.2) is 39.8 Å². The van der Waals surface area contributed by atoms with E-state index >= 15 is 0 Å². The summed E-state index contributed by atoms with van der Waals surface area (Å²) in [6.45, 7) is 2.14. The fraction of sp³-hybridized carbons (Fsp3) is 0.429. The molecule has 5 heteroatoms. The largest absolute Gasteiger partial charge is 0.342 e. The second-order valence-corrected chi connectivity index (χ2v) is 5.07. The van der Waals surface area contributed by atoms with Crippen molar-refractivity contribution in [3.8, 4) is 0 Å². The molecule has 0 bridgehead atoms. The first kappa shape index (κ1) is 12.2. The molecule has 2 aromatic heterocycles. The Morgan fingerprint density at radius 2 is 2.32 bits per heavy atom. The van der Waals surface area contributed by atoms with E-state index in [9.17, 15) is 4.79 Å². The Balaban J connectivity index is 1.68. The van der Waals surface area contributed by atoms with E-state index in [1.807, 2.05) is 35.5 Å². The predicted octanol–water partition coefficient (Wildman–Crippen LogP) is 0.684. The van der Waals surface area contributed by atoms with Gasteiger partial charge >= 0.3 is 0 Å². The Morgan fingerprint density at radius 3 is 3.11 bits per heavy atom. The second kappa shape index (κ2) is 5.01. The van der Waals surface area contributed by atoms with Gasteiger partial charge in [0.05, 0.1) is 0 Å². The first-order valence-corrected chi connectivity index (χ1v) is 6.66. The Labute approximate surface area is 112 Å². The summed E-state index contributed by atoms with van der Waals surface area (Å²) in [6.07, 6.45) is 5.32. The zero-order valence-electron chi connectivity index (χ0n) is 10.8. The summed E-state index contributed by atoms with van der Waals surface area (Å²) >= 11 is 0. The van der Waals surface area contributed by atoms with E-state index in [4.69, 9.17) is 5.73 Å². The first-order chi connectivity index (χ1) is 9.28. The van der Waals surface area contributed by atoms with Crippen molar-refractivity contribution in [3.63, 3.8) is 0 Å². The number of nitrogens with two attached hydrogens (primary N) is 1. The van der Waals surface area contributed by atoms with Crippen LogP contribution in [0.1, 0.15) is 12.1 Å². The van der Waals surface area contributed by atoms with Crippen molar-refractivity contribution in [2.24, 2.45) is 11.7 Å². The van der Waals surface area contributed by atoms with E-state index in [0.29, 0.717) is 18.9 Å². The summed E-state index contributed by atoms with van der Waals surface area (Å²) in [6, 6.07) is 5.94. The van der Waals surface area contributed by atoms with Crippen molar-refractivity contribution in [2.45, 2.75) is 12.8 Å². The van der Waals surface area contributed by atoms with E-state index in [1.165, 1.54) is 0 Å². The number of amides is 1. The van der Waals surface area contributed by atoms with Gasteiger partial charge in [0.2, 0.25) is 5.91 Å². The zero-order chi connectivity index (χ0) is 13.2. The highest BCUT2D eigenvalue weighted by Crippen LogP contribution is 2.17. The second-order valence-electron chi connectivity index (χ2n) is 5.07. The molecule has 100 valence electrons. The smallest absolute Gasteiger partial charge is 0.222 e. The van der Waals surface area contributed by atoms with Crippen molar-refractivity contribution in [1.82, 2.24) is 14.3 Å². The minimum absolute atomic E-state index is 0.226. The van der Waals surface area contributed by atoms with Crippen molar-refractivity contribution in [2.75, 3.05) is 19.6 Å². The molecule has 0 saturated carbocycles. The van der Waals surface area contributed by atoms with E-state index in [1.54, 1.807) is 0 Å². The Morgan fingerprint density at radius 1 is 1.42 bits per heavy atom. The van der Waals surface area contributed by atoms with Crippen LogP contribution in [0.5, 0.6) is 0 Å². The molecule has 5 nitrogen and oxygen atoms in total. The third-order valence-electron chi connectivity index (χ3n) is 3.76. The van der Waals surface area contributed by atoms with E-state index in [0.717, 1.165) is 30.9 Å². The standard InChI is InChI=1S/C14H18N4O/c15-8-11-7-14(19)17(10-11)6-4-12-9-16-13-3-1-2-5-18(12)13/h1-3,5,9,11H,4,6-8,10,15H2. The average Bonchev–Trinajstić information content (AvgIpc) is 3.00. The van der Waals surface area contributed by atoms with E-state index < -0.39 is 0 Å². The third kappa shape index (κ3) is 2.33. The number of imidazole rings is 1. The molecule has 2 aromatic rings. The number of hydrogen-bond acceptors (Lipinski definition) is 3. The fourth-order valence-electron chi connectivity index (χ4n) is 2.65. The van der Waals surface area contributed by atoms with Gasteiger partial charge in [0.25, 0.3) is 0 Å². The van der Waals surface area contributed by atoms with Gasteiger partial charge in [-0.25, -0.2) is 4.98 Å². The molecule has 1 unspecified atom stereocenters. The summed E-state index contributed by atoms with van der Waals surface area (Å²) in [5.74, 6) is 0.555.